The molecule has 4 N–H and O–H groups in total. The van der Waals surface area contributed by atoms with E-state index in [0.717, 1.165) is 28.9 Å². The van der Waals surface area contributed by atoms with Crippen LogP contribution in [0.4, 0.5) is 24.5 Å². The van der Waals surface area contributed by atoms with E-state index in [4.69, 9.17) is 11.5 Å². The number of nitrogens with zero attached hydrogens (tertiary/aromatic N) is 3. The fourth-order valence-electron chi connectivity index (χ4n) is 3.74. The standard InChI is InChI=1S/C20H20F3N5O2S2/c1-11-4-3-5-12(2)15(11)28-16-17(24)27(10-26-18(16)31-19(28)25)13-6-8-14(9-7-13)32(29,30)20(21,22)23/h3-10,17,19H,24-25H2,1-2H3. The van der Waals surface area contributed by atoms with Crippen LogP contribution in [-0.4, -0.2) is 31.9 Å². The molecule has 2 aromatic rings. The molecule has 7 nitrogen and oxygen atoms in total. The smallest absolute Gasteiger partial charge is 0.314 e. The van der Waals surface area contributed by atoms with Gasteiger partial charge in [-0.1, -0.05) is 30.0 Å². The van der Waals surface area contributed by atoms with Gasteiger partial charge in [0.15, 0.2) is 0 Å². The molecule has 12 heteroatoms. The van der Waals surface area contributed by atoms with E-state index < -0.39 is 31.9 Å². The number of hydrogen-bond acceptors (Lipinski definition) is 8. The molecule has 2 aliphatic rings. The lowest BCUT2D eigenvalue weighted by atomic mass is 10.1. The summed E-state index contributed by atoms with van der Waals surface area (Å²) in [5.74, 6) is 0. The highest BCUT2D eigenvalue weighted by molar-refractivity contribution is 8.04. The van der Waals surface area contributed by atoms with Gasteiger partial charge in [0, 0.05) is 11.4 Å². The molecule has 0 bridgehead atoms. The number of rotatable bonds is 3. The number of thioether (sulfide) groups is 1. The Kier molecular flexibility index (Phi) is 5.52. The number of benzene rings is 2. The highest BCUT2D eigenvalue weighted by atomic mass is 32.2. The quantitative estimate of drug-likeness (QED) is 0.689. The summed E-state index contributed by atoms with van der Waals surface area (Å²) in [5.41, 5.74) is 11.1. The zero-order valence-corrected chi connectivity index (χ0v) is 18.7. The second-order valence-electron chi connectivity index (χ2n) is 7.35. The number of hydrogen-bond donors (Lipinski definition) is 2. The van der Waals surface area contributed by atoms with Crippen molar-refractivity contribution in [1.29, 1.82) is 0 Å². The van der Waals surface area contributed by atoms with Crippen molar-refractivity contribution in [2.24, 2.45) is 16.5 Å². The lowest BCUT2D eigenvalue weighted by molar-refractivity contribution is -0.0436. The number of aryl methyl sites for hydroxylation is 2. The maximum absolute atomic E-state index is 12.8. The highest BCUT2D eigenvalue weighted by Crippen LogP contribution is 2.45. The Bertz CT molecular complexity index is 1210. The van der Waals surface area contributed by atoms with Crippen molar-refractivity contribution in [3.05, 3.63) is 64.3 Å². The van der Waals surface area contributed by atoms with Gasteiger partial charge >= 0.3 is 5.51 Å². The van der Waals surface area contributed by atoms with Crippen LogP contribution in [0.2, 0.25) is 0 Å². The first kappa shape index (κ1) is 22.6. The van der Waals surface area contributed by atoms with Crippen LogP contribution in [0.3, 0.4) is 0 Å². The minimum Gasteiger partial charge on any atom is -0.314 e. The van der Waals surface area contributed by atoms with Gasteiger partial charge in [0.2, 0.25) is 0 Å². The average molecular weight is 484 g/mol. The summed E-state index contributed by atoms with van der Waals surface area (Å²) in [7, 11) is -5.43. The van der Waals surface area contributed by atoms with E-state index in [1.807, 2.05) is 36.9 Å². The van der Waals surface area contributed by atoms with Crippen molar-refractivity contribution >= 4 is 39.3 Å². The molecule has 2 aromatic carbocycles. The Balaban J connectivity index is 1.69. The molecule has 0 radical (unpaired) electrons. The summed E-state index contributed by atoms with van der Waals surface area (Å²) >= 11 is 1.35. The monoisotopic (exact) mass is 483 g/mol. The molecular weight excluding hydrogens is 463 g/mol. The molecule has 2 heterocycles. The first-order valence-electron chi connectivity index (χ1n) is 9.45. The van der Waals surface area contributed by atoms with Gasteiger partial charge in [-0.05, 0) is 49.2 Å². The van der Waals surface area contributed by atoms with Crippen LogP contribution in [0, 0.1) is 13.8 Å². The van der Waals surface area contributed by atoms with E-state index in [1.54, 1.807) is 4.90 Å². The molecule has 2 atom stereocenters. The number of para-hydroxylation sites is 1. The highest BCUT2D eigenvalue weighted by Gasteiger charge is 2.47. The van der Waals surface area contributed by atoms with Crippen molar-refractivity contribution in [1.82, 2.24) is 0 Å². The van der Waals surface area contributed by atoms with Gasteiger partial charge in [0.05, 0.1) is 16.9 Å². The van der Waals surface area contributed by atoms with Crippen LogP contribution in [0.1, 0.15) is 11.1 Å². The second-order valence-corrected chi connectivity index (χ2v) is 10.4. The van der Waals surface area contributed by atoms with Gasteiger partial charge in [-0.25, -0.2) is 13.4 Å². The first-order valence-corrected chi connectivity index (χ1v) is 11.8. The minimum absolute atomic E-state index is 0.390. The predicted molar refractivity (Wildman–Crippen MR) is 120 cm³/mol. The maximum atomic E-state index is 12.8. The molecule has 0 amide bonds. The molecule has 0 fully saturated rings. The van der Waals surface area contributed by atoms with Gasteiger partial charge in [-0.2, -0.15) is 13.2 Å². The van der Waals surface area contributed by atoms with Crippen LogP contribution >= 0.6 is 11.8 Å². The third-order valence-corrected chi connectivity index (χ3v) is 7.77. The predicted octanol–water partition coefficient (Wildman–Crippen LogP) is 3.39. The number of aliphatic imine (C=N–C) groups is 1. The van der Waals surface area contributed by atoms with Crippen molar-refractivity contribution in [2.75, 3.05) is 9.80 Å². The largest absolute Gasteiger partial charge is 0.501 e. The van der Waals surface area contributed by atoms with Crippen molar-refractivity contribution < 1.29 is 21.6 Å². The molecule has 2 unspecified atom stereocenters. The number of alkyl halides is 3. The Morgan fingerprint density at radius 1 is 1.03 bits per heavy atom. The number of nitrogens with two attached hydrogens (primary N) is 2. The van der Waals surface area contributed by atoms with E-state index in [1.165, 1.54) is 30.2 Å². The summed E-state index contributed by atoms with van der Waals surface area (Å²) in [5, 5.41) is 0.653. The molecular formula is C20H20F3N5O2S2. The third-order valence-electron chi connectivity index (χ3n) is 5.28. The second kappa shape index (κ2) is 7.80. The lowest BCUT2D eigenvalue weighted by Crippen LogP contribution is -2.50. The zero-order chi connectivity index (χ0) is 23.4. The number of anilines is 2. The van der Waals surface area contributed by atoms with E-state index in [0.29, 0.717) is 16.4 Å². The molecule has 0 aromatic heterocycles. The van der Waals surface area contributed by atoms with Crippen LogP contribution in [0.25, 0.3) is 0 Å². The molecule has 0 spiro atoms. The summed E-state index contributed by atoms with van der Waals surface area (Å²) in [6.45, 7) is 3.93. The Labute approximate surface area is 187 Å². The van der Waals surface area contributed by atoms with Gasteiger partial charge in [-0.3, -0.25) is 0 Å². The van der Waals surface area contributed by atoms with Crippen LogP contribution in [0.5, 0.6) is 0 Å². The summed E-state index contributed by atoms with van der Waals surface area (Å²) in [6, 6.07) is 10.2. The lowest BCUT2D eigenvalue weighted by Gasteiger charge is -2.36. The average Bonchev–Trinajstić information content (AvgIpc) is 3.04. The van der Waals surface area contributed by atoms with E-state index in [9.17, 15) is 21.6 Å². The van der Waals surface area contributed by atoms with Gasteiger partial charge in [0.1, 0.15) is 16.7 Å². The van der Waals surface area contributed by atoms with Crippen LogP contribution < -0.4 is 21.3 Å². The van der Waals surface area contributed by atoms with Crippen molar-refractivity contribution in [2.45, 2.75) is 35.9 Å². The zero-order valence-electron chi connectivity index (χ0n) is 17.0. The third kappa shape index (κ3) is 3.56. The molecule has 0 saturated heterocycles. The van der Waals surface area contributed by atoms with E-state index in [-0.39, 0.29) is 0 Å². The van der Waals surface area contributed by atoms with Gasteiger partial charge in [0.25, 0.3) is 9.84 Å². The Morgan fingerprint density at radius 2 is 1.62 bits per heavy atom. The Morgan fingerprint density at radius 3 is 2.19 bits per heavy atom. The van der Waals surface area contributed by atoms with Crippen molar-refractivity contribution in [3.63, 3.8) is 0 Å². The summed E-state index contributed by atoms with van der Waals surface area (Å²) < 4.78 is 61.7. The normalized spacial score (nSPS) is 21.3. The van der Waals surface area contributed by atoms with Crippen LogP contribution in [0.15, 0.2) is 63.1 Å². The van der Waals surface area contributed by atoms with Gasteiger partial charge in [-0.15, -0.1) is 0 Å². The van der Waals surface area contributed by atoms with E-state index in [2.05, 4.69) is 4.99 Å². The number of sulfone groups is 1. The summed E-state index contributed by atoms with van der Waals surface area (Å²) in [4.78, 5) is 7.07. The van der Waals surface area contributed by atoms with Gasteiger partial charge < -0.3 is 21.3 Å². The fourth-order valence-corrected chi connectivity index (χ4v) is 5.51. The number of halogens is 3. The topological polar surface area (TPSA) is 105 Å². The first-order chi connectivity index (χ1) is 14.9. The minimum atomic E-state index is -5.43. The van der Waals surface area contributed by atoms with Crippen LogP contribution in [-0.2, 0) is 9.84 Å². The Hall–Kier alpha value is -2.54. The molecule has 0 aliphatic carbocycles. The molecule has 32 heavy (non-hydrogen) atoms. The molecule has 2 aliphatic heterocycles. The molecule has 170 valence electrons. The maximum Gasteiger partial charge on any atom is 0.501 e. The summed E-state index contributed by atoms with van der Waals surface area (Å²) in [6.07, 6.45) is 0.720. The SMILES string of the molecule is Cc1cccc(C)c1N1C2=C(N=CN(c3ccc(S(=O)(=O)C(F)(F)F)cc3)C2N)SC1N. The molecule has 0 saturated carbocycles. The van der Waals surface area contributed by atoms with Crippen molar-refractivity contribution in [3.8, 4) is 0 Å². The fraction of sp³-hybridized carbons (Fsp3) is 0.250. The van der Waals surface area contributed by atoms with E-state index >= 15 is 0 Å². The molecule has 4 rings (SSSR count).